The number of thiophene rings is 1. The summed E-state index contributed by atoms with van der Waals surface area (Å²) in [6.07, 6.45) is 3.84. The molecule has 3 rings (SSSR count). The standard InChI is InChI=1S/C17H16FN3OS/c18-15-4-2-13(3-5-15)10-17(22)19-11-16(14-6-9-23-12-14)21-8-1-7-20-21/h1-9,12,16H,10-11H2,(H,19,22)/t16-/m1/s1. The third-order valence-electron chi connectivity index (χ3n) is 3.54. The lowest BCUT2D eigenvalue weighted by atomic mass is 10.1. The topological polar surface area (TPSA) is 46.9 Å². The fraction of sp³-hybridized carbons (Fsp3) is 0.176. The highest BCUT2D eigenvalue weighted by atomic mass is 32.1. The maximum absolute atomic E-state index is 12.9. The van der Waals surface area contributed by atoms with Crippen molar-refractivity contribution in [3.63, 3.8) is 0 Å². The Morgan fingerprint density at radius 2 is 2.13 bits per heavy atom. The van der Waals surface area contributed by atoms with Crippen LogP contribution in [0.25, 0.3) is 0 Å². The smallest absolute Gasteiger partial charge is 0.224 e. The van der Waals surface area contributed by atoms with Gasteiger partial charge >= 0.3 is 0 Å². The first-order valence-corrected chi connectivity index (χ1v) is 8.19. The van der Waals surface area contributed by atoms with E-state index in [0.29, 0.717) is 6.54 Å². The summed E-state index contributed by atoms with van der Waals surface area (Å²) in [7, 11) is 0. The molecule has 0 spiro atoms. The molecule has 1 aromatic carbocycles. The Morgan fingerprint density at radius 3 is 2.78 bits per heavy atom. The van der Waals surface area contributed by atoms with Crippen LogP contribution in [0.4, 0.5) is 4.39 Å². The molecule has 2 heterocycles. The van der Waals surface area contributed by atoms with Crippen molar-refractivity contribution in [2.45, 2.75) is 12.5 Å². The van der Waals surface area contributed by atoms with E-state index in [9.17, 15) is 9.18 Å². The number of nitrogens with zero attached hydrogens (tertiary/aromatic N) is 2. The normalized spacial score (nSPS) is 12.0. The molecule has 0 aliphatic rings. The maximum atomic E-state index is 12.9. The van der Waals surface area contributed by atoms with Crippen molar-refractivity contribution in [1.29, 1.82) is 0 Å². The molecule has 0 bridgehead atoms. The van der Waals surface area contributed by atoms with Crippen LogP contribution in [0.5, 0.6) is 0 Å². The van der Waals surface area contributed by atoms with Crippen molar-refractivity contribution in [3.05, 3.63) is 76.5 Å². The first-order valence-electron chi connectivity index (χ1n) is 7.25. The highest BCUT2D eigenvalue weighted by Crippen LogP contribution is 2.19. The second kappa shape index (κ2) is 7.19. The number of hydrogen-bond donors (Lipinski definition) is 1. The maximum Gasteiger partial charge on any atom is 0.224 e. The van der Waals surface area contributed by atoms with E-state index in [0.717, 1.165) is 11.1 Å². The number of benzene rings is 1. The zero-order valence-corrected chi connectivity index (χ0v) is 13.2. The molecule has 1 atom stereocenters. The first kappa shape index (κ1) is 15.4. The predicted molar refractivity (Wildman–Crippen MR) is 87.8 cm³/mol. The molecule has 2 aromatic heterocycles. The lowest BCUT2D eigenvalue weighted by molar-refractivity contribution is -0.120. The molecule has 1 N–H and O–H groups in total. The van der Waals surface area contributed by atoms with E-state index >= 15 is 0 Å². The van der Waals surface area contributed by atoms with E-state index < -0.39 is 0 Å². The van der Waals surface area contributed by atoms with Gasteiger partial charge in [0.05, 0.1) is 12.5 Å². The number of hydrogen-bond acceptors (Lipinski definition) is 3. The van der Waals surface area contributed by atoms with Gasteiger partial charge in [0.1, 0.15) is 5.82 Å². The number of carbonyl (C=O) groups is 1. The molecule has 118 valence electrons. The number of rotatable bonds is 6. The molecular weight excluding hydrogens is 313 g/mol. The zero-order chi connectivity index (χ0) is 16.1. The van der Waals surface area contributed by atoms with Gasteiger partial charge in [-0.3, -0.25) is 9.48 Å². The third-order valence-corrected chi connectivity index (χ3v) is 4.24. The molecular formula is C17H16FN3OS. The minimum Gasteiger partial charge on any atom is -0.353 e. The van der Waals surface area contributed by atoms with Gasteiger partial charge in [-0.05, 0) is 46.2 Å². The van der Waals surface area contributed by atoms with Gasteiger partial charge in [0.25, 0.3) is 0 Å². The lowest BCUT2D eigenvalue weighted by Crippen LogP contribution is -2.32. The van der Waals surface area contributed by atoms with Crippen molar-refractivity contribution >= 4 is 17.2 Å². The van der Waals surface area contributed by atoms with Crippen LogP contribution in [-0.4, -0.2) is 22.2 Å². The molecule has 0 aliphatic carbocycles. The van der Waals surface area contributed by atoms with Crippen LogP contribution in [0, 0.1) is 5.82 Å². The minimum atomic E-state index is -0.301. The molecule has 3 aromatic rings. The van der Waals surface area contributed by atoms with Gasteiger partial charge in [0, 0.05) is 18.9 Å². The molecule has 0 radical (unpaired) electrons. The number of amides is 1. The van der Waals surface area contributed by atoms with Crippen molar-refractivity contribution in [2.24, 2.45) is 0 Å². The molecule has 4 nitrogen and oxygen atoms in total. The van der Waals surface area contributed by atoms with Gasteiger partial charge in [0.15, 0.2) is 0 Å². The molecule has 0 saturated carbocycles. The summed E-state index contributed by atoms with van der Waals surface area (Å²) in [5.41, 5.74) is 1.90. The van der Waals surface area contributed by atoms with Crippen LogP contribution < -0.4 is 5.32 Å². The van der Waals surface area contributed by atoms with Gasteiger partial charge in [-0.2, -0.15) is 16.4 Å². The van der Waals surface area contributed by atoms with Crippen LogP contribution in [0.3, 0.4) is 0 Å². The Morgan fingerprint density at radius 1 is 1.30 bits per heavy atom. The Labute approximate surface area is 137 Å². The molecule has 1 amide bonds. The second-order valence-corrected chi connectivity index (χ2v) is 5.95. The fourth-order valence-electron chi connectivity index (χ4n) is 2.35. The number of carbonyl (C=O) groups excluding carboxylic acids is 1. The van der Waals surface area contributed by atoms with Crippen LogP contribution in [0.15, 0.2) is 59.6 Å². The second-order valence-electron chi connectivity index (χ2n) is 5.17. The van der Waals surface area contributed by atoms with Crippen molar-refractivity contribution in [2.75, 3.05) is 6.54 Å². The third kappa shape index (κ3) is 4.04. The van der Waals surface area contributed by atoms with Crippen LogP contribution >= 0.6 is 11.3 Å². The van der Waals surface area contributed by atoms with Gasteiger partial charge in [-0.1, -0.05) is 12.1 Å². The summed E-state index contributed by atoms with van der Waals surface area (Å²) in [6, 6.07) is 9.83. The van der Waals surface area contributed by atoms with Crippen LogP contribution in [0.2, 0.25) is 0 Å². The van der Waals surface area contributed by atoms with Crippen molar-refractivity contribution in [3.8, 4) is 0 Å². The minimum absolute atomic E-state index is 0.0339. The average Bonchev–Trinajstić information content (AvgIpc) is 3.24. The molecule has 23 heavy (non-hydrogen) atoms. The number of halogens is 1. The Bertz CT molecular complexity index is 705. The van der Waals surface area contributed by atoms with E-state index in [4.69, 9.17) is 0 Å². The van der Waals surface area contributed by atoms with E-state index in [2.05, 4.69) is 15.8 Å². The van der Waals surface area contributed by atoms with Gasteiger partial charge < -0.3 is 5.32 Å². The summed E-state index contributed by atoms with van der Waals surface area (Å²) in [5.74, 6) is -0.394. The first-order chi connectivity index (χ1) is 11.2. The van der Waals surface area contributed by atoms with Crippen molar-refractivity contribution in [1.82, 2.24) is 15.1 Å². The summed E-state index contributed by atoms with van der Waals surface area (Å²) in [5, 5.41) is 11.3. The Balaban J connectivity index is 1.62. The molecule has 0 aliphatic heterocycles. The Hall–Kier alpha value is -2.47. The number of aromatic nitrogens is 2. The van der Waals surface area contributed by atoms with Gasteiger partial charge in [-0.25, -0.2) is 4.39 Å². The summed E-state index contributed by atoms with van der Waals surface area (Å²) >= 11 is 1.61. The lowest BCUT2D eigenvalue weighted by Gasteiger charge is -2.17. The average molecular weight is 329 g/mol. The van der Waals surface area contributed by atoms with Gasteiger partial charge in [-0.15, -0.1) is 0 Å². The molecule has 6 heteroatoms. The molecule has 0 saturated heterocycles. The fourth-order valence-corrected chi connectivity index (χ4v) is 3.06. The van der Waals surface area contributed by atoms with Crippen molar-refractivity contribution < 1.29 is 9.18 Å². The monoisotopic (exact) mass is 329 g/mol. The number of nitrogens with one attached hydrogen (secondary N) is 1. The SMILES string of the molecule is O=C(Cc1ccc(F)cc1)NC[C@H](c1ccsc1)n1cccn1. The van der Waals surface area contributed by atoms with E-state index in [1.807, 2.05) is 28.4 Å². The predicted octanol–water partition coefficient (Wildman–Crippen LogP) is 3.03. The molecule has 0 unspecified atom stereocenters. The summed E-state index contributed by atoms with van der Waals surface area (Å²) in [6.45, 7) is 0.457. The van der Waals surface area contributed by atoms with Crippen LogP contribution in [0.1, 0.15) is 17.2 Å². The highest BCUT2D eigenvalue weighted by Gasteiger charge is 2.15. The van der Waals surface area contributed by atoms with E-state index in [1.54, 1.807) is 29.7 Å². The van der Waals surface area contributed by atoms with Crippen LogP contribution in [-0.2, 0) is 11.2 Å². The Kier molecular flexibility index (Phi) is 4.83. The molecule has 0 fully saturated rings. The summed E-state index contributed by atoms with van der Waals surface area (Å²) < 4.78 is 14.7. The van der Waals surface area contributed by atoms with E-state index in [1.165, 1.54) is 12.1 Å². The largest absolute Gasteiger partial charge is 0.353 e. The summed E-state index contributed by atoms with van der Waals surface area (Å²) in [4.78, 5) is 12.1. The zero-order valence-electron chi connectivity index (χ0n) is 12.4. The quantitative estimate of drug-likeness (QED) is 0.755. The highest BCUT2D eigenvalue weighted by molar-refractivity contribution is 7.07. The van der Waals surface area contributed by atoms with Gasteiger partial charge in [0.2, 0.25) is 5.91 Å². The van der Waals surface area contributed by atoms with E-state index in [-0.39, 0.29) is 24.2 Å².